The summed E-state index contributed by atoms with van der Waals surface area (Å²) < 4.78 is 0. The molecule has 0 radical (unpaired) electrons. The van der Waals surface area contributed by atoms with Crippen LogP contribution in [-0.4, -0.2) is 5.78 Å². The second-order valence-corrected chi connectivity index (χ2v) is 5.21. The highest BCUT2D eigenvalue weighted by molar-refractivity contribution is 5.96. The molecule has 1 nitrogen and oxygen atoms in total. The summed E-state index contributed by atoms with van der Waals surface area (Å²) in [6.45, 7) is 0. The molecule has 0 unspecified atom stereocenters. The van der Waals surface area contributed by atoms with Crippen LogP contribution in [0.1, 0.15) is 40.7 Å². The largest absolute Gasteiger partial charge is 0.294 e. The predicted molar refractivity (Wildman–Crippen MR) is 82.7 cm³/mol. The normalized spacial score (nSPS) is 13.5. The van der Waals surface area contributed by atoms with Gasteiger partial charge in [-0.1, -0.05) is 60.7 Å². The number of allylic oxidation sites excluding steroid dienone is 2. The van der Waals surface area contributed by atoms with Crippen LogP contribution in [0.2, 0.25) is 0 Å². The molecule has 20 heavy (non-hydrogen) atoms. The van der Waals surface area contributed by atoms with Gasteiger partial charge in [0.1, 0.15) is 0 Å². The zero-order chi connectivity index (χ0) is 13.8. The summed E-state index contributed by atoms with van der Waals surface area (Å²) >= 11 is 0. The van der Waals surface area contributed by atoms with Crippen molar-refractivity contribution in [1.82, 2.24) is 0 Å². The Hall–Kier alpha value is -2.15. The summed E-state index contributed by atoms with van der Waals surface area (Å²) in [5, 5.41) is 0. The van der Waals surface area contributed by atoms with Gasteiger partial charge >= 0.3 is 0 Å². The average molecular weight is 262 g/mol. The fourth-order valence-corrected chi connectivity index (χ4v) is 2.82. The van der Waals surface area contributed by atoms with Crippen LogP contribution >= 0.6 is 0 Å². The van der Waals surface area contributed by atoms with Crippen LogP contribution < -0.4 is 0 Å². The maximum absolute atomic E-state index is 12.2. The molecule has 1 aliphatic carbocycles. The fourth-order valence-electron chi connectivity index (χ4n) is 2.82. The molecule has 0 N–H and O–H groups in total. The van der Waals surface area contributed by atoms with E-state index in [4.69, 9.17) is 0 Å². The molecule has 0 saturated heterocycles. The Morgan fingerprint density at radius 3 is 2.55 bits per heavy atom. The summed E-state index contributed by atoms with van der Waals surface area (Å²) in [7, 11) is 0. The average Bonchev–Trinajstić information content (AvgIpc) is 2.53. The van der Waals surface area contributed by atoms with E-state index < -0.39 is 0 Å². The van der Waals surface area contributed by atoms with Crippen molar-refractivity contribution in [2.45, 2.75) is 25.7 Å². The van der Waals surface area contributed by atoms with Crippen molar-refractivity contribution < 1.29 is 4.79 Å². The monoisotopic (exact) mass is 262 g/mol. The van der Waals surface area contributed by atoms with E-state index in [1.165, 1.54) is 16.7 Å². The van der Waals surface area contributed by atoms with E-state index in [-0.39, 0.29) is 5.78 Å². The van der Waals surface area contributed by atoms with Gasteiger partial charge in [0.05, 0.1) is 0 Å². The lowest BCUT2D eigenvalue weighted by Crippen LogP contribution is -2.03. The van der Waals surface area contributed by atoms with Crippen molar-refractivity contribution in [3.8, 4) is 0 Å². The zero-order valence-electron chi connectivity index (χ0n) is 11.5. The first kappa shape index (κ1) is 12.9. The number of rotatable bonds is 4. The van der Waals surface area contributed by atoms with E-state index in [1.807, 2.05) is 30.3 Å². The van der Waals surface area contributed by atoms with Gasteiger partial charge < -0.3 is 0 Å². The van der Waals surface area contributed by atoms with Gasteiger partial charge in [-0.05, 0) is 36.0 Å². The number of fused-ring (bicyclic) bond motifs is 1. The molecule has 0 aliphatic heterocycles. The molecule has 1 heteroatoms. The fraction of sp³-hybridized carbons (Fsp3) is 0.211. The van der Waals surface area contributed by atoms with Gasteiger partial charge in [-0.2, -0.15) is 0 Å². The quantitative estimate of drug-likeness (QED) is 0.731. The van der Waals surface area contributed by atoms with Gasteiger partial charge in [-0.3, -0.25) is 4.79 Å². The molecule has 2 aromatic rings. The van der Waals surface area contributed by atoms with E-state index in [0.717, 1.165) is 24.8 Å². The number of aryl methyl sites for hydroxylation is 1. The Kier molecular flexibility index (Phi) is 3.78. The Labute approximate surface area is 120 Å². The standard InChI is InChI=1S/C19H18O/c20-19(17-8-2-1-3-9-17)14-13-16-11-6-10-15-7-4-5-12-18(15)16/h1-5,7-9,11-12H,6,10,13-14H2. The van der Waals surface area contributed by atoms with Crippen molar-refractivity contribution in [1.29, 1.82) is 0 Å². The summed E-state index contributed by atoms with van der Waals surface area (Å²) in [4.78, 5) is 12.2. The molecular weight excluding hydrogens is 244 g/mol. The number of hydrogen-bond donors (Lipinski definition) is 0. The first-order valence-corrected chi connectivity index (χ1v) is 7.20. The van der Waals surface area contributed by atoms with E-state index in [1.54, 1.807) is 0 Å². The molecule has 1 aliphatic rings. The minimum atomic E-state index is 0.231. The molecule has 2 aromatic carbocycles. The van der Waals surface area contributed by atoms with Crippen molar-refractivity contribution >= 4 is 11.4 Å². The first-order valence-electron chi connectivity index (χ1n) is 7.20. The molecule has 0 saturated carbocycles. The lowest BCUT2D eigenvalue weighted by Gasteiger charge is -2.17. The van der Waals surface area contributed by atoms with Crippen LogP contribution in [-0.2, 0) is 6.42 Å². The Bertz CT molecular complexity index is 638. The Morgan fingerprint density at radius 2 is 1.70 bits per heavy atom. The molecule has 0 atom stereocenters. The highest BCUT2D eigenvalue weighted by Gasteiger charge is 2.13. The smallest absolute Gasteiger partial charge is 0.163 e. The number of hydrogen-bond acceptors (Lipinski definition) is 1. The van der Waals surface area contributed by atoms with E-state index in [0.29, 0.717) is 6.42 Å². The topological polar surface area (TPSA) is 17.1 Å². The maximum atomic E-state index is 12.2. The number of Topliss-reactive ketones (excluding diaryl/α,β-unsaturated/α-hetero) is 1. The van der Waals surface area contributed by atoms with Crippen LogP contribution in [0.5, 0.6) is 0 Å². The minimum absolute atomic E-state index is 0.231. The summed E-state index contributed by atoms with van der Waals surface area (Å²) in [6, 6.07) is 18.1. The molecule has 0 aromatic heterocycles. The third-order valence-corrected chi connectivity index (χ3v) is 3.88. The number of carbonyl (C=O) groups is 1. The Balaban J connectivity index is 1.70. The van der Waals surface area contributed by atoms with Crippen LogP contribution in [0.25, 0.3) is 5.57 Å². The zero-order valence-corrected chi connectivity index (χ0v) is 11.5. The van der Waals surface area contributed by atoms with Gasteiger partial charge in [-0.15, -0.1) is 0 Å². The minimum Gasteiger partial charge on any atom is -0.294 e. The van der Waals surface area contributed by atoms with Crippen molar-refractivity contribution in [2.24, 2.45) is 0 Å². The SMILES string of the molecule is O=C(CCC1=CCCc2ccccc21)c1ccccc1. The van der Waals surface area contributed by atoms with Gasteiger partial charge in [0.15, 0.2) is 5.78 Å². The second kappa shape index (κ2) is 5.87. The van der Waals surface area contributed by atoms with Gasteiger partial charge in [0.2, 0.25) is 0 Å². The highest BCUT2D eigenvalue weighted by Crippen LogP contribution is 2.29. The molecule has 100 valence electrons. The molecule has 0 heterocycles. The molecular formula is C19H18O. The van der Waals surface area contributed by atoms with Crippen LogP contribution in [0.15, 0.2) is 60.7 Å². The predicted octanol–water partition coefficient (Wildman–Crippen LogP) is 4.68. The maximum Gasteiger partial charge on any atom is 0.163 e. The first-order chi connectivity index (χ1) is 9.84. The van der Waals surface area contributed by atoms with Gasteiger partial charge in [0.25, 0.3) is 0 Å². The van der Waals surface area contributed by atoms with Gasteiger partial charge in [-0.25, -0.2) is 0 Å². The number of ketones is 1. The van der Waals surface area contributed by atoms with Crippen molar-refractivity contribution in [2.75, 3.05) is 0 Å². The van der Waals surface area contributed by atoms with Crippen molar-refractivity contribution in [3.63, 3.8) is 0 Å². The second-order valence-electron chi connectivity index (χ2n) is 5.21. The molecule has 0 amide bonds. The third kappa shape index (κ3) is 2.72. The molecule has 0 spiro atoms. The molecule has 0 bridgehead atoms. The van der Waals surface area contributed by atoms with Crippen LogP contribution in [0.4, 0.5) is 0 Å². The molecule has 0 fully saturated rings. The van der Waals surface area contributed by atoms with E-state index >= 15 is 0 Å². The van der Waals surface area contributed by atoms with Crippen molar-refractivity contribution in [3.05, 3.63) is 77.4 Å². The lowest BCUT2D eigenvalue weighted by atomic mass is 9.88. The summed E-state index contributed by atoms with van der Waals surface area (Å²) in [5.41, 5.74) is 4.89. The number of benzene rings is 2. The van der Waals surface area contributed by atoms with E-state index in [9.17, 15) is 4.79 Å². The number of carbonyl (C=O) groups excluding carboxylic acids is 1. The van der Waals surface area contributed by atoms with Gasteiger partial charge in [0, 0.05) is 12.0 Å². The summed E-state index contributed by atoms with van der Waals surface area (Å²) in [5.74, 6) is 0.231. The van der Waals surface area contributed by atoms with Crippen LogP contribution in [0, 0.1) is 0 Å². The molecule has 3 rings (SSSR count). The van der Waals surface area contributed by atoms with E-state index in [2.05, 4.69) is 30.3 Å². The highest BCUT2D eigenvalue weighted by atomic mass is 16.1. The summed E-state index contributed by atoms with van der Waals surface area (Å²) in [6.07, 6.45) is 5.92. The third-order valence-electron chi connectivity index (χ3n) is 3.88. The Morgan fingerprint density at radius 1 is 0.950 bits per heavy atom. The lowest BCUT2D eigenvalue weighted by molar-refractivity contribution is 0.0984. The van der Waals surface area contributed by atoms with Crippen LogP contribution in [0.3, 0.4) is 0 Å².